The summed E-state index contributed by atoms with van der Waals surface area (Å²) < 4.78 is 78.8. The Kier molecular flexibility index (Phi) is 8.74. The molecule has 1 aromatic carbocycles. The molecular weight excluding hydrogens is 527 g/mol. The smallest absolute Gasteiger partial charge is 0.431 e. The summed E-state index contributed by atoms with van der Waals surface area (Å²) in [6.45, 7) is 5.59. The van der Waals surface area contributed by atoms with Gasteiger partial charge in [-0.3, -0.25) is 14.2 Å². The van der Waals surface area contributed by atoms with Crippen molar-refractivity contribution in [3.8, 4) is 11.5 Å². The van der Waals surface area contributed by atoms with Gasteiger partial charge in [0, 0.05) is 37.4 Å². The number of hydrogen-bond acceptors (Lipinski definition) is 6. The van der Waals surface area contributed by atoms with E-state index in [0.717, 1.165) is 0 Å². The van der Waals surface area contributed by atoms with E-state index < -0.39 is 27.5 Å². The Morgan fingerprint density at radius 1 is 1.05 bits per heavy atom. The molecule has 212 valence electrons. The van der Waals surface area contributed by atoms with Crippen LogP contribution < -0.4 is 9.47 Å². The number of amides is 1. The highest BCUT2D eigenvalue weighted by atomic mass is 32.2. The Morgan fingerprint density at radius 2 is 1.66 bits per heavy atom. The average Bonchev–Trinajstić information content (AvgIpc) is 3.26. The monoisotopic (exact) mass is 561 g/mol. The van der Waals surface area contributed by atoms with Gasteiger partial charge in [0.25, 0.3) is 16.0 Å². The molecule has 0 aliphatic carbocycles. The predicted molar refractivity (Wildman–Crippen MR) is 135 cm³/mol. The highest BCUT2D eigenvalue weighted by molar-refractivity contribution is 7.85. The maximum atomic E-state index is 13.5. The molecule has 1 fully saturated rings. The topological polar surface area (TPSA) is 101 Å². The average molecular weight is 562 g/mol. The molecule has 0 unspecified atom stereocenters. The number of aromatic nitrogens is 1. The van der Waals surface area contributed by atoms with E-state index in [0.29, 0.717) is 68.0 Å². The third kappa shape index (κ3) is 6.62. The number of carbonyl (C=O) groups is 1. The van der Waals surface area contributed by atoms with Crippen molar-refractivity contribution >= 4 is 16.0 Å². The van der Waals surface area contributed by atoms with Crippen LogP contribution in [0.4, 0.5) is 13.2 Å². The lowest BCUT2D eigenvalue weighted by Gasteiger charge is -2.50. The van der Waals surface area contributed by atoms with Crippen LogP contribution in [0, 0.1) is 0 Å². The van der Waals surface area contributed by atoms with Crippen molar-refractivity contribution in [3.05, 3.63) is 47.3 Å². The fourth-order valence-electron chi connectivity index (χ4n) is 5.07. The number of rotatable bonds is 4. The molecule has 38 heavy (non-hydrogen) atoms. The number of benzene rings is 1. The Bertz CT molecular complexity index is 1240. The molecule has 1 spiro atoms. The van der Waals surface area contributed by atoms with E-state index in [1.165, 1.54) is 17.7 Å². The van der Waals surface area contributed by atoms with Gasteiger partial charge in [0.2, 0.25) is 0 Å². The van der Waals surface area contributed by atoms with Crippen molar-refractivity contribution in [2.45, 2.75) is 51.1 Å². The third-order valence-corrected chi connectivity index (χ3v) is 6.79. The van der Waals surface area contributed by atoms with Crippen molar-refractivity contribution < 1.29 is 40.4 Å². The van der Waals surface area contributed by atoms with E-state index in [2.05, 4.69) is 4.90 Å². The van der Waals surface area contributed by atoms with Gasteiger partial charge in [-0.25, -0.2) is 0 Å². The summed E-state index contributed by atoms with van der Waals surface area (Å²) in [5, 5.41) is 0. The van der Waals surface area contributed by atoms with Crippen LogP contribution in [0.2, 0.25) is 0 Å². The molecule has 1 N–H and O–H groups in total. The first kappa shape index (κ1) is 29.8. The number of fused-ring (bicyclic) bond motifs is 2. The Hall–Kier alpha value is -2.77. The number of likely N-dealkylation sites (tertiary alicyclic amines) is 1. The second kappa shape index (κ2) is 11.1. The normalized spacial score (nSPS) is 17.6. The van der Waals surface area contributed by atoms with Gasteiger partial charge in [0.15, 0.2) is 11.5 Å². The number of alkyl halides is 3. The number of halogens is 3. The van der Waals surface area contributed by atoms with Gasteiger partial charge in [-0.05, 0) is 64.1 Å². The lowest BCUT2D eigenvalue weighted by molar-refractivity contribution is -0.144. The lowest BCUT2D eigenvalue weighted by atomic mass is 9.81. The van der Waals surface area contributed by atoms with Crippen molar-refractivity contribution in [3.63, 3.8) is 0 Å². The molecule has 2 aliphatic rings. The zero-order valence-electron chi connectivity index (χ0n) is 22.1. The van der Waals surface area contributed by atoms with Crippen LogP contribution in [-0.4, -0.2) is 79.4 Å². The first-order valence-electron chi connectivity index (χ1n) is 12.1. The minimum Gasteiger partial charge on any atom is -0.493 e. The summed E-state index contributed by atoms with van der Waals surface area (Å²) in [4.78, 5) is 17.1. The number of methoxy groups -OCH3 is 1. The summed E-state index contributed by atoms with van der Waals surface area (Å²) in [6.07, 6.45) is -2.54. The van der Waals surface area contributed by atoms with Crippen molar-refractivity contribution in [1.29, 1.82) is 0 Å². The van der Waals surface area contributed by atoms with Gasteiger partial charge >= 0.3 is 6.18 Å². The molecule has 0 bridgehead atoms. The fourth-order valence-corrected chi connectivity index (χ4v) is 5.07. The minimum atomic E-state index is -4.38. The Morgan fingerprint density at radius 3 is 2.18 bits per heavy atom. The van der Waals surface area contributed by atoms with Crippen molar-refractivity contribution in [2.75, 3.05) is 40.0 Å². The van der Waals surface area contributed by atoms with Gasteiger partial charge in [0.1, 0.15) is 5.69 Å². The molecule has 1 aromatic heterocycles. The van der Waals surface area contributed by atoms with Gasteiger partial charge in [-0.2, -0.15) is 21.6 Å². The molecule has 2 aromatic rings. The summed E-state index contributed by atoms with van der Waals surface area (Å²) in [7, 11) is -0.176. The first-order valence-corrected chi connectivity index (χ1v) is 14.0. The maximum Gasteiger partial charge on any atom is 0.431 e. The zero-order valence-corrected chi connectivity index (χ0v) is 22.9. The van der Waals surface area contributed by atoms with Crippen LogP contribution in [0.5, 0.6) is 11.5 Å². The molecule has 1 amide bonds. The number of likely N-dealkylation sites (N-methyl/N-ethyl adjacent to an activating group) is 1. The second-order valence-electron chi connectivity index (χ2n) is 9.76. The van der Waals surface area contributed by atoms with Crippen LogP contribution in [0.15, 0.2) is 30.3 Å². The van der Waals surface area contributed by atoms with E-state index in [9.17, 15) is 26.4 Å². The number of hydrogen-bond donors (Lipinski definition) is 1. The molecule has 0 radical (unpaired) electrons. The molecule has 13 heteroatoms. The van der Waals surface area contributed by atoms with Gasteiger partial charge < -0.3 is 18.9 Å². The third-order valence-electron chi connectivity index (χ3n) is 6.79. The molecule has 3 heterocycles. The Labute approximate surface area is 220 Å². The molecular formula is C25H34F3N3O6S. The maximum absolute atomic E-state index is 13.5. The summed E-state index contributed by atoms with van der Waals surface area (Å²) in [5.41, 5.74) is 0.0796. The zero-order chi connectivity index (χ0) is 28.5. The Balaban J connectivity index is 0.000000732. The number of ether oxygens (including phenoxy) is 2. The quantitative estimate of drug-likeness (QED) is 0.566. The highest BCUT2D eigenvalue weighted by Crippen LogP contribution is 2.44. The second-order valence-corrected chi connectivity index (χ2v) is 11.2. The molecule has 0 saturated carbocycles. The van der Waals surface area contributed by atoms with E-state index in [1.807, 2.05) is 20.9 Å². The summed E-state index contributed by atoms with van der Waals surface area (Å²) >= 11 is 0. The van der Waals surface area contributed by atoms with E-state index in [-0.39, 0.29) is 12.0 Å². The van der Waals surface area contributed by atoms with Crippen LogP contribution in [0.1, 0.15) is 48.4 Å². The van der Waals surface area contributed by atoms with Crippen LogP contribution in [0.3, 0.4) is 0 Å². The van der Waals surface area contributed by atoms with E-state index >= 15 is 0 Å². The molecule has 2 aliphatic heterocycles. The number of nitrogens with zero attached hydrogens (tertiary/aromatic N) is 3. The van der Waals surface area contributed by atoms with Gasteiger partial charge in [-0.1, -0.05) is 0 Å². The SMILES string of the molecule is COc1cc(C(=O)N2CCC3(CC2)c2ccc(C(F)(F)F)n2CCN3C)ccc1OC(C)C.CS(=O)(=O)O. The number of piperidine rings is 1. The van der Waals surface area contributed by atoms with Gasteiger partial charge in [0.05, 0.1) is 25.0 Å². The number of carbonyl (C=O) groups excluding carboxylic acids is 1. The first-order chi connectivity index (χ1) is 17.6. The molecule has 0 atom stereocenters. The summed E-state index contributed by atoms with van der Waals surface area (Å²) in [6, 6.07) is 7.92. The molecule has 4 rings (SSSR count). The van der Waals surface area contributed by atoms with E-state index in [4.69, 9.17) is 14.0 Å². The lowest BCUT2D eigenvalue weighted by Crippen LogP contribution is -2.56. The fraction of sp³-hybridized carbons (Fsp3) is 0.560. The van der Waals surface area contributed by atoms with Crippen LogP contribution in [0.25, 0.3) is 0 Å². The van der Waals surface area contributed by atoms with Crippen molar-refractivity contribution in [1.82, 2.24) is 14.4 Å². The van der Waals surface area contributed by atoms with Crippen LogP contribution in [-0.2, 0) is 28.4 Å². The predicted octanol–water partition coefficient (Wildman–Crippen LogP) is 3.88. The summed E-state index contributed by atoms with van der Waals surface area (Å²) in [5.74, 6) is 0.948. The van der Waals surface area contributed by atoms with Crippen LogP contribution >= 0.6 is 0 Å². The van der Waals surface area contributed by atoms with Gasteiger partial charge in [-0.15, -0.1) is 0 Å². The van der Waals surface area contributed by atoms with Crippen molar-refractivity contribution in [2.24, 2.45) is 0 Å². The highest BCUT2D eigenvalue weighted by Gasteiger charge is 2.47. The minimum absolute atomic E-state index is 0.0250. The molecule has 1 saturated heterocycles. The standard InChI is InChI=1S/C24H30F3N3O3.CH4O3S/c1-16(2)33-18-6-5-17(15-19(18)32-4)22(31)29-11-9-23(10-12-29)20-7-8-21(24(25,26)27)30(20)14-13-28(23)3;1-5(2,3)4/h5-8,15-16H,9-14H2,1-4H3;1H3,(H,2,3,4). The van der Waals surface area contributed by atoms with E-state index in [1.54, 1.807) is 29.2 Å². The molecule has 9 nitrogen and oxygen atoms in total. The largest absolute Gasteiger partial charge is 0.493 e.